The van der Waals surface area contributed by atoms with Crippen LogP contribution in [0, 0.1) is 0 Å². The summed E-state index contributed by atoms with van der Waals surface area (Å²) < 4.78 is 0. The Labute approximate surface area is 97.2 Å². The fourth-order valence-electron chi connectivity index (χ4n) is 1.80. The number of carbonyl (C=O) groups excluding carboxylic acids is 1. The molecule has 1 saturated heterocycles. The number of likely N-dealkylation sites (tertiary alicyclic amines) is 1. The zero-order valence-corrected chi connectivity index (χ0v) is 10.8. The lowest BCUT2D eigenvalue weighted by atomic mass is 10.2. The highest BCUT2D eigenvalue weighted by atomic mass is 32.2. The monoisotopic (exact) mass is 230 g/mol. The van der Waals surface area contributed by atoms with E-state index in [0.717, 1.165) is 25.3 Å². The molecule has 0 aromatic heterocycles. The highest BCUT2D eigenvalue weighted by Crippen LogP contribution is 2.13. The Morgan fingerprint density at radius 3 is 2.60 bits per heavy atom. The van der Waals surface area contributed by atoms with Crippen LogP contribution in [0.5, 0.6) is 0 Å². The van der Waals surface area contributed by atoms with Crippen LogP contribution in [0.15, 0.2) is 0 Å². The molecule has 0 aliphatic carbocycles. The summed E-state index contributed by atoms with van der Waals surface area (Å²) in [5.41, 5.74) is 0. The Bertz CT molecular complexity index is 205. The van der Waals surface area contributed by atoms with Gasteiger partial charge in [0.05, 0.1) is 0 Å². The van der Waals surface area contributed by atoms with Crippen molar-refractivity contribution in [2.75, 3.05) is 32.1 Å². The molecule has 0 saturated carbocycles. The van der Waals surface area contributed by atoms with Gasteiger partial charge in [-0.05, 0) is 38.2 Å². The summed E-state index contributed by atoms with van der Waals surface area (Å²) in [6.45, 7) is 4.01. The second-order valence-corrected chi connectivity index (χ2v) is 5.20. The first-order valence-corrected chi connectivity index (χ1v) is 7.07. The molecular weight excluding hydrogens is 208 g/mol. The largest absolute Gasteiger partial charge is 0.325 e. The van der Waals surface area contributed by atoms with E-state index in [9.17, 15) is 4.79 Å². The molecule has 1 rings (SSSR count). The minimum atomic E-state index is 0.209. The third-order valence-electron chi connectivity index (χ3n) is 3.08. The lowest BCUT2D eigenvalue weighted by Gasteiger charge is -2.29. The number of hydrogen-bond donors (Lipinski definition) is 0. The van der Waals surface area contributed by atoms with Crippen molar-refractivity contribution in [3.8, 4) is 0 Å². The van der Waals surface area contributed by atoms with Crippen LogP contribution in [0.2, 0.25) is 0 Å². The first-order chi connectivity index (χ1) is 7.16. The Morgan fingerprint density at radius 1 is 1.47 bits per heavy atom. The average molecular weight is 230 g/mol. The molecule has 2 amide bonds. The number of nitrogens with zero attached hydrogens (tertiary/aromatic N) is 2. The summed E-state index contributed by atoms with van der Waals surface area (Å²) in [4.78, 5) is 15.9. The molecule has 15 heavy (non-hydrogen) atoms. The van der Waals surface area contributed by atoms with Gasteiger partial charge in [0.25, 0.3) is 0 Å². The van der Waals surface area contributed by atoms with Crippen molar-refractivity contribution >= 4 is 17.8 Å². The van der Waals surface area contributed by atoms with Gasteiger partial charge in [-0.2, -0.15) is 11.8 Å². The average Bonchev–Trinajstić information content (AvgIpc) is 2.77. The summed E-state index contributed by atoms with van der Waals surface area (Å²) in [5.74, 6) is 1.12. The van der Waals surface area contributed by atoms with Crippen molar-refractivity contribution in [3.05, 3.63) is 0 Å². The van der Waals surface area contributed by atoms with E-state index in [1.54, 1.807) is 0 Å². The molecule has 1 unspecified atom stereocenters. The van der Waals surface area contributed by atoms with E-state index >= 15 is 0 Å². The van der Waals surface area contributed by atoms with Crippen molar-refractivity contribution in [3.63, 3.8) is 0 Å². The minimum Gasteiger partial charge on any atom is -0.325 e. The second-order valence-electron chi connectivity index (χ2n) is 4.22. The fraction of sp³-hybridized carbons (Fsp3) is 0.909. The van der Waals surface area contributed by atoms with Gasteiger partial charge in [0.2, 0.25) is 0 Å². The van der Waals surface area contributed by atoms with Gasteiger partial charge in [0.1, 0.15) is 0 Å². The van der Waals surface area contributed by atoms with E-state index in [-0.39, 0.29) is 6.03 Å². The van der Waals surface area contributed by atoms with E-state index in [1.165, 1.54) is 12.8 Å². The number of thioether (sulfide) groups is 1. The molecule has 1 heterocycles. The smallest absolute Gasteiger partial charge is 0.319 e. The van der Waals surface area contributed by atoms with Gasteiger partial charge in [-0.15, -0.1) is 0 Å². The lowest BCUT2D eigenvalue weighted by molar-refractivity contribution is 0.158. The van der Waals surface area contributed by atoms with Gasteiger partial charge in [0.15, 0.2) is 0 Å². The zero-order valence-electron chi connectivity index (χ0n) is 10.0. The van der Waals surface area contributed by atoms with Crippen molar-refractivity contribution in [2.45, 2.75) is 32.2 Å². The summed E-state index contributed by atoms with van der Waals surface area (Å²) >= 11 is 1.84. The Morgan fingerprint density at radius 2 is 2.07 bits per heavy atom. The van der Waals surface area contributed by atoms with E-state index in [4.69, 9.17) is 0 Å². The molecule has 3 nitrogen and oxygen atoms in total. The van der Waals surface area contributed by atoms with Crippen LogP contribution < -0.4 is 0 Å². The van der Waals surface area contributed by atoms with Crippen molar-refractivity contribution < 1.29 is 4.79 Å². The molecule has 0 N–H and O–H groups in total. The number of rotatable bonds is 4. The van der Waals surface area contributed by atoms with Crippen LogP contribution in [-0.4, -0.2) is 54.0 Å². The maximum absolute atomic E-state index is 12.0. The summed E-state index contributed by atoms with van der Waals surface area (Å²) in [7, 11) is 1.92. The first kappa shape index (κ1) is 12.7. The Hall–Kier alpha value is -0.380. The van der Waals surface area contributed by atoms with Gasteiger partial charge in [-0.25, -0.2) is 4.79 Å². The Balaban J connectivity index is 2.36. The van der Waals surface area contributed by atoms with E-state index in [1.807, 2.05) is 28.6 Å². The number of urea groups is 1. The van der Waals surface area contributed by atoms with E-state index < -0.39 is 0 Å². The quantitative estimate of drug-likeness (QED) is 0.739. The SMILES string of the molecule is CSCCC(C)N(C)C(=O)N1CCCC1. The molecule has 1 atom stereocenters. The van der Waals surface area contributed by atoms with Crippen LogP contribution >= 0.6 is 11.8 Å². The fourth-order valence-corrected chi connectivity index (χ4v) is 2.38. The normalized spacial score (nSPS) is 17.9. The number of amides is 2. The first-order valence-electron chi connectivity index (χ1n) is 5.67. The summed E-state index contributed by atoms with van der Waals surface area (Å²) in [6, 6.07) is 0.562. The molecule has 0 spiro atoms. The minimum absolute atomic E-state index is 0.209. The topological polar surface area (TPSA) is 23.6 Å². The van der Waals surface area contributed by atoms with E-state index in [2.05, 4.69) is 13.2 Å². The molecule has 0 aromatic rings. The molecule has 1 aliphatic heterocycles. The van der Waals surface area contributed by atoms with Gasteiger partial charge in [-0.3, -0.25) is 0 Å². The molecule has 1 aliphatic rings. The predicted molar refractivity (Wildman–Crippen MR) is 66.4 cm³/mol. The summed E-state index contributed by atoms with van der Waals surface area (Å²) in [5, 5.41) is 0. The molecule has 1 fully saturated rings. The van der Waals surface area contributed by atoms with Gasteiger partial charge < -0.3 is 9.80 Å². The standard InChI is InChI=1S/C11H22N2OS/c1-10(6-9-15-3)12(2)11(14)13-7-4-5-8-13/h10H,4-9H2,1-3H3. The van der Waals surface area contributed by atoms with Crippen LogP contribution in [0.25, 0.3) is 0 Å². The number of carbonyl (C=O) groups is 1. The third-order valence-corrected chi connectivity index (χ3v) is 3.72. The molecule has 88 valence electrons. The Kier molecular flexibility index (Phi) is 5.29. The predicted octanol–water partition coefficient (Wildman–Crippen LogP) is 2.28. The van der Waals surface area contributed by atoms with Crippen LogP contribution in [-0.2, 0) is 0 Å². The van der Waals surface area contributed by atoms with Gasteiger partial charge >= 0.3 is 6.03 Å². The lowest BCUT2D eigenvalue weighted by Crippen LogP contribution is -2.44. The highest BCUT2D eigenvalue weighted by Gasteiger charge is 2.23. The van der Waals surface area contributed by atoms with Gasteiger partial charge in [0, 0.05) is 26.2 Å². The zero-order chi connectivity index (χ0) is 11.3. The van der Waals surface area contributed by atoms with Crippen molar-refractivity contribution in [1.29, 1.82) is 0 Å². The molecule has 4 heteroatoms. The molecule has 0 aromatic carbocycles. The maximum atomic E-state index is 12.0. The van der Waals surface area contributed by atoms with Crippen LogP contribution in [0.3, 0.4) is 0 Å². The second kappa shape index (κ2) is 6.26. The maximum Gasteiger partial charge on any atom is 0.319 e. The van der Waals surface area contributed by atoms with Crippen molar-refractivity contribution in [2.24, 2.45) is 0 Å². The molecular formula is C11H22N2OS. The molecule has 0 radical (unpaired) electrons. The number of hydrogen-bond acceptors (Lipinski definition) is 2. The van der Waals surface area contributed by atoms with Gasteiger partial charge in [-0.1, -0.05) is 0 Å². The van der Waals surface area contributed by atoms with Crippen LogP contribution in [0.4, 0.5) is 4.79 Å². The van der Waals surface area contributed by atoms with E-state index in [0.29, 0.717) is 6.04 Å². The van der Waals surface area contributed by atoms with Crippen molar-refractivity contribution in [1.82, 2.24) is 9.80 Å². The summed E-state index contributed by atoms with van der Waals surface area (Å²) in [6.07, 6.45) is 5.52. The highest BCUT2D eigenvalue weighted by molar-refractivity contribution is 7.98. The third kappa shape index (κ3) is 3.59. The van der Waals surface area contributed by atoms with Crippen LogP contribution in [0.1, 0.15) is 26.2 Å². The molecule has 0 bridgehead atoms.